The van der Waals surface area contributed by atoms with E-state index in [0.29, 0.717) is 24.1 Å². The number of hydrogen-bond donors (Lipinski definition) is 1. The Kier molecular flexibility index (Phi) is 6.62. The van der Waals surface area contributed by atoms with Crippen molar-refractivity contribution < 1.29 is 9.84 Å². The molecular formula is C26H40N4O2. The molecule has 2 heterocycles. The van der Waals surface area contributed by atoms with Crippen molar-refractivity contribution in [3.63, 3.8) is 0 Å². The number of aromatic nitrogens is 4. The smallest absolute Gasteiger partial charge is 0.138 e. The number of rotatable bonds is 8. The lowest BCUT2D eigenvalue weighted by Gasteiger charge is -2.53. The van der Waals surface area contributed by atoms with Gasteiger partial charge in [0, 0.05) is 5.92 Å². The first-order chi connectivity index (χ1) is 15.2. The van der Waals surface area contributed by atoms with Gasteiger partial charge in [0.05, 0.1) is 24.0 Å². The first-order valence-corrected chi connectivity index (χ1v) is 12.4. The van der Waals surface area contributed by atoms with Crippen LogP contribution >= 0.6 is 0 Å². The number of aliphatic hydroxyl groups excluding tert-OH is 1. The van der Waals surface area contributed by atoms with Crippen LogP contribution in [0.25, 0.3) is 0 Å². The van der Waals surface area contributed by atoms with Gasteiger partial charge >= 0.3 is 0 Å². The lowest BCUT2D eigenvalue weighted by molar-refractivity contribution is -0.177. The topological polar surface area (TPSA) is 73.1 Å². The Morgan fingerprint density at radius 1 is 1.25 bits per heavy atom. The fourth-order valence-corrected chi connectivity index (χ4v) is 6.08. The number of nitrogens with zero attached hydrogens (tertiary/aromatic N) is 4. The molecule has 4 rings (SSSR count). The Morgan fingerprint density at radius 3 is 2.78 bits per heavy atom. The van der Waals surface area contributed by atoms with E-state index in [2.05, 4.69) is 68.4 Å². The summed E-state index contributed by atoms with van der Waals surface area (Å²) in [4.78, 5) is 0. The summed E-state index contributed by atoms with van der Waals surface area (Å²) in [5.74, 6) is 1.25. The van der Waals surface area contributed by atoms with Gasteiger partial charge in [-0.05, 0) is 72.4 Å². The minimum atomic E-state index is -0.229. The molecule has 0 spiro atoms. The highest BCUT2D eigenvalue weighted by molar-refractivity contribution is 5.36. The maximum Gasteiger partial charge on any atom is 0.138 e. The number of tetrazole rings is 1. The number of ether oxygens (including phenoxy) is 1. The van der Waals surface area contributed by atoms with Crippen molar-refractivity contribution in [3.05, 3.63) is 41.5 Å². The van der Waals surface area contributed by atoms with E-state index in [0.717, 1.165) is 19.3 Å². The van der Waals surface area contributed by atoms with Crippen LogP contribution < -0.4 is 0 Å². The van der Waals surface area contributed by atoms with Gasteiger partial charge in [0.2, 0.25) is 0 Å². The van der Waals surface area contributed by atoms with Gasteiger partial charge in [0.15, 0.2) is 0 Å². The number of allylic oxidation sites excluding steroid dienone is 4. The van der Waals surface area contributed by atoms with E-state index in [4.69, 9.17) is 4.74 Å². The third-order valence-electron chi connectivity index (χ3n) is 8.01. The second-order valence-corrected chi connectivity index (χ2v) is 11.2. The van der Waals surface area contributed by atoms with Crippen molar-refractivity contribution in [1.29, 1.82) is 0 Å². The summed E-state index contributed by atoms with van der Waals surface area (Å²) in [5.41, 5.74) is 2.37. The minimum absolute atomic E-state index is 0.0187. The zero-order chi connectivity index (χ0) is 22.9. The first kappa shape index (κ1) is 23.2. The number of hydrogen-bond acceptors (Lipinski definition) is 5. The molecule has 1 aromatic heterocycles. The molecule has 1 saturated heterocycles. The zero-order valence-corrected chi connectivity index (χ0v) is 20.4. The van der Waals surface area contributed by atoms with Gasteiger partial charge in [-0.2, -0.15) is 0 Å². The van der Waals surface area contributed by atoms with E-state index in [-0.39, 0.29) is 23.0 Å². The summed E-state index contributed by atoms with van der Waals surface area (Å²) >= 11 is 0. The van der Waals surface area contributed by atoms with Gasteiger partial charge in [0.1, 0.15) is 6.33 Å². The van der Waals surface area contributed by atoms with Crippen molar-refractivity contribution >= 4 is 0 Å². The van der Waals surface area contributed by atoms with Crippen molar-refractivity contribution in [2.45, 2.75) is 97.8 Å². The fraction of sp³-hybridized carbons (Fsp3) is 0.731. The third-order valence-corrected chi connectivity index (χ3v) is 8.01. The quantitative estimate of drug-likeness (QED) is 0.409. The van der Waals surface area contributed by atoms with Crippen LogP contribution in [0.1, 0.15) is 79.6 Å². The van der Waals surface area contributed by atoms with E-state index in [1.807, 2.05) is 0 Å². The van der Waals surface area contributed by atoms with Crippen LogP contribution in [0, 0.1) is 23.2 Å². The van der Waals surface area contributed by atoms with E-state index >= 15 is 0 Å². The molecule has 1 aromatic rings. The molecule has 6 heteroatoms. The van der Waals surface area contributed by atoms with E-state index in [1.54, 1.807) is 11.0 Å². The van der Waals surface area contributed by atoms with Gasteiger partial charge in [-0.15, -0.1) is 5.10 Å². The van der Waals surface area contributed by atoms with Crippen LogP contribution in [0.4, 0.5) is 0 Å². The SMILES string of the molecule is CCCCCCC(C)(C)C1=CC2OC(C)(C)[C@H]3CC=C(Cn4cnnn4)CC3[C@@H]2C(O)=C1. The Bertz CT molecular complexity index is 882. The van der Waals surface area contributed by atoms with Crippen LogP contribution in [-0.4, -0.2) is 37.0 Å². The molecule has 0 amide bonds. The van der Waals surface area contributed by atoms with Crippen LogP contribution in [-0.2, 0) is 11.3 Å². The predicted molar refractivity (Wildman–Crippen MR) is 126 cm³/mol. The molecule has 1 N–H and O–H groups in total. The van der Waals surface area contributed by atoms with Crippen LogP contribution in [0.15, 0.2) is 41.5 Å². The first-order valence-electron chi connectivity index (χ1n) is 12.4. The number of aliphatic hydroxyl groups is 1. The highest BCUT2D eigenvalue weighted by Gasteiger charge is 2.52. The van der Waals surface area contributed by atoms with E-state index in [9.17, 15) is 5.11 Å². The molecule has 0 saturated carbocycles. The highest BCUT2D eigenvalue weighted by atomic mass is 16.5. The largest absolute Gasteiger partial charge is 0.512 e. The third kappa shape index (κ3) is 4.70. The molecule has 32 heavy (non-hydrogen) atoms. The second-order valence-electron chi connectivity index (χ2n) is 11.2. The maximum atomic E-state index is 11.3. The van der Waals surface area contributed by atoms with E-state index in [1.165, 1.54) is 36.8 Å². The van der Waals surface area contributed by atoms with Crippen molar-refractivity contribution in [1.82, 2.24) is 20.2 Å². The lowest BCUT2D eigenvalue weighted by atomic mass is 9.61. The van der Waals surface area contributed by atoms with Gasteiger partial charge in [-0.25, -0.2) is 4.68 Å². The molecule has 4 atom stereocenters. The summed E-state index contributed by atoms with van der Waals surface area (Å²) in [6.07, 6.45) is 16.4. The summed E-state index contributed by atoms with van der Waals surface area (Å²) in [7, 11) is 0. The standard InChI is InChI=1S/C26H40N4O2/c1-6-7-8-9-12-25(2,3)19-14-22(31)24-20-13-18(16-30-17-27-28-29-30)10-11-21(20)26(4,5)32-23(24)15-19/h10,14-15,17,20-21,23-24,31H,6-9,11-13,16H2,1-5H3/t20?,21-,23?,24+/m0/s1. The van der Waals surface area contributed by atoms with Crippen LogP contribution in [0.3, 0.4) is 0 Å². The lowest BCUT2D eigenvalue weighted by Crippen LogP contribution is -2.54. The Morgan fingerprint density at radius 2 is 2.06 bits per heavy atom. The average Bonchev–Trinajstić information content (AvgIpc) is 3.23. The van der Waals surface area contributed by atoms with Crippen molar-refractivity contribution in [3.8, 4) is 0 Å². The molecule has 176 valence electrons. The number of fused-ring (bicyclic) bond motifs is 3. The Balaban J connectivity index is 1.54. The molecule has 2 unspecified atom stereocenters. The Hall–Kier alpha value is -1.95. The Labute approximate surface area is 192 Å². The summed E-state index contributed by atoms with van der Waals surface area (Å²) in [5, 5.41) is 22.8. The summed E-state index contributed by atoms with van der Waals surface area (Å²) in [6, 6.07) is 0. The molecule has 1 fully saturated rings. The fourth-order valence-electron chi connectivity index (χ4n) is 6.08. The molecule has 2 aliphatic carbocycles. The number of unbranched alkanes of at least 4 members (excludes halogenated alkanes) is 3. The summed E-state index contributed by atoms with van der Waals surface area (Å²) < 4.78 is 8.46. The predicted octanol–water partition coefficient (Wildman–Crippen LogP) is 5.80. The van der Waals surface area contributed by atoms with Crippen molar-refractivity contribution in [2.75, 3.05) is 0 Å². The normalized spacial score (nSPS) is 29.5. The highest BCUT2D eigenvalue weighted by Crippen LogP contribution is 2.53. The van der Waals surface area contributed by atoms with Gasteiger partial charge in [-0.1, -0.05) is 64.2 Å². The maximum absolute atomic E-state index is 11.3. The molecule has 3 aliphatic rings. The molecular weight excluding hydrogens is 400 g/mol. The summed E-state index contributed by atoms with van der Waals surface area (Å²) in [6.45, 7) is 12.0. The van der Waals surface area contributed by atoms with Gasteiger partial charge in [0.25, 0.3) is 0 Å². The molecule has 6 nitrogen and oxygen atoms in total. The molecule has 0 aromatic carbocycles. The second kappa shape index (κ2) is 9.12. The monoisotopic (exact) mass is 440 g/mol. The average molecular weight is 441 g/mol. The van der Waals surface area contributed by atoms with Crippen LogP contribution in [0.5, 0.6) is 0 Å². The van der Waals surface area contributed by atoms with Crippen molar-refractivity contribution in [2.24, 2.45) is 23.2 Å². The molecule has 0 radical (unpaired) electrons. The minimum Gasteiger partial charge on any atom is -0.512 e. The van der Waals surface area contributed by atoms with Gasteiger partial charge in [-0.3, -0.25) is 0 Å². The van der Waals surface area contributed by atoms with Gasteiger partial charge < -0.3 is 9.84 Å². The van der Waals surface area contributed by atoms with E-state index < -0.39 is 0 Å². The van der Waals surface area contributed by atoms with Crippen LogP contribution in [0.2, 0.25) is 0 Å². The zero-order valence-electron chi connectivity index (χ0n) is 20.4. The molecule has 1 aliphatic heterocycles. The molecule has 0 bridgehead atoms.